The standard InChI is InChI=1S/C25H19ClN2O5/c1-2-32-19-10-6-7-11-20(19)33-25(31)16-12-14-17(15-13-16)27-22-21(26)23(29)28(24(22)30)18-8-4-3-5-9-18/h3-15,27H,2H2,1H3. The molecule has 0 saturated carbocycles. The molecule has 2 amide bonds. The Morgan fingerprint density at radius 3 is 2.18 bits per heavy atom. The minimum Gasteiger partial charge on any atom is -0.490 e. The van der Waals surface area contributed by atoms with Gasteiger partial charge in [-0.05, 0) is 55.5 Å². The summed E-state index contributed by atoms with van der Waals surface area (Å²) in [7, 11) is 0. The van der Waals surface area contributed by atoms with E-state index in [0.29, 0.717) is 35.0 Å². The van der Waals surface area contributed by atoms with Gasteiger partial charge in [-0.3, -0.25) is 9.59 Å². The van der Waals surface area contributed by atoms with E-state index in [1.807, 2.05) is 6.92 Å². The second-order valence-corrected chi connectivity index (χ2v) is 7.32. The van der Waals surface area contributed by atoms with Crippen LogP contribution in [0.5, 0.6) is 11.5 Å². The van der Waals surface area contributed by atoms with Crippen LogP contribution in [0.1, 0.15) is 17.3 Å². The van der Waals surface area contributed by atoms with Gasteiger partial charge in [0.1, 0.15) is 10.7 Å². The van der Waals surface area contributed by atoms with Crippen LogP contribution in [0, 0.1) is 0 Å². The Morgan fingerprint density at radius 1 is 0.879 bits per heavy atom. The monoisotopic (exact) mass is 462 g/mol. The minimum atomic E-state index is -0.608. The second kappa shape index (κ2) is 9.58. The number of nitrogens with zero attached hydrogens (tertiary/aromatic N) is 1. The highest BCUT2D eigenvalue weighted by Crippen LogP contribution is 2.30. The van der Waals surface area contributed by atoms with Crippen molar-refractivity contribution in [2.45, 2.75) is 6.92 Å². The number of imide groups is 1. The molecule has 3 aromatic rings. The lowest BCUT2D eigenvalue weighted by molar-refractivity contribution is -0.120. The fourth-order valence-corrected chi connectivity index (χ4v) is 3.44. The van der Waals surface area contributed by atoms with Crippen LogP contribution in [0.25, 0.3) is 0 Å². The van der Waals surface area contributed by atoms with Crippen LogP contribution in [0.15, 0.2) is 89.6 Å². The fraction of sp³-hybridized carbons (Fsp3) is 0.0800. The Balaban J connectivity index is 1.47. The van der Waals surface area contributed by atoms with Gasteiger partial charge in [0.25, 0.3) is 11.8 Å². The van der Waals surface area contributed by atoms with E-state index < -0.39 is 17.8 Å². The maximum atomic E-state index is 12.8. The zero-order chi connectivity index (χ0) is 23.4. The number of nitrogens with one attached hydrogen (secondary N) is 1. The Hall–Kier alpha value is -4.10. The van der Waals surface area contributed by atoms with Gasteiger partial charge < -0.3 is 14.8 Å². The lowest BCUT2D eigenvalue weighted by Gasteiger charge is -2.15. The lowest BCUT2D eigenvalue weighted by Crippen LogP contribution is -2.32. The SMILES string of the molecule is CCOc1ccccc1OC(=O)c1ccc(NC2=C(Cl)C(=O)N(c3ccccc3)C2=O)cc1. The van der Waals surface area contributed by atoms with Crippen molar-refractivity contribution in [3.05, 3.63) is 95.2 Å². The van der Waals surface area contributed by atoms with E-state index >= 15 is 0 Å². The number of carbonyl (C=O) groups is 3. The summed E-state index contributed by atoms with van der Waals surface area (Å²) in [6, 6.07) is 21.7. The van der Waals surface area contributed by atoms with Crippen LogP contribution in [0.3, 0.4) is 0 Å². The normalized spacial score (nSPS) is 13.3. The van der Waals surface area contributed by atoms with Gasteiger partial charge in [-0.1, -0.05) is 41.9 Å². The molecular weight excluding hydrogens is 444 g/mol. The van der Waals surface area contributed by atoms with Gasteiger partial charge in [-0.15, -0.1) is 0 Å². The van der Waals surface area contributed by atoms with Gasteiger partial charge in [0.2, 0.25) is 0 Å². The molecule has 0 fully saturated rings. The summed E-state index contributed by atoms with van der Waals surface area (Å²) < 4.78 is 10.9. The summed E-state index contributed by atoms with van der Waals surface area (Å²) in [6.45, 7) is 2.28. The molecule has 0 spiro atoms. The van der Waals surface area contributed by atoms with Gasteiger partial charge in [0.05, 0.1) is 17.9 Å². The molecule has 0 unspecified atom stereocenters. The van der Waals surface area contributed by atoms with Gasteiger partial charge in [0, 0.05) is 5.69 Å². The number of ether oxygens (including phenoxy) is 2. The molecule has 4 rings (SSSR count). The van der Waals surface area contributed by atoms with Crippen molar-refractivity contribution < 1.29 is 23.9 Å². The van der Waals surface area contributed by atoms with E-state index in [1.165, 1.54) is 0 Å². The largest absolute Gasteiger partial charge is 0.490 e. The highest BCUT2D eigenvalue weighted by Gasteiger charge is 2.38. The number of hydrogen-bond donors (Lipinski definition) is 1. The van der Waals surface area contributed by atoms with Crippen molar-refractivity contribution in [1.29, 1.82) is 0 Å². The molecule has 0 saturated heterocycles. The van der Waals surface area contributed by atoms with E-state index in [-0.39, 0.29) is 10.7 Å². The molecule has 0 atom stereocenters. The molecule has 0 aromatic heterocycles. The average Bonchev–Trinajstić information content (AvgIpc) is 3.04. The maximum Gasteiger partial charge on any atom is 0.343 e. The van der Waals surface area contributed by atoms with Crippen molar-refractivity contribution in [3.8, 4) is 11.5 Å². The molecule has 33 heavy (non-hydrogen) atoms. The van der Waals surface area contributed by atoms with Crippen molar-refractivity contribution in [3.63, 3.8) is 0 Å². The van der Waals surface area contributed by atoms with Gasteiger partial charge in [0.15, 0.2) is 11.5 Å². The Morgan fingerprint density at radius 2 is 1.52 bits per heavy atom. The third-order valence-corrected chi connectivity index (χ3v) is 5.13. The predicted molar refractivity (Wildman–Crippen MR) is 124 cm³/mol. The number of amides is 2. The Bertz CT molecular complexity index is 1240. The summed E-state index contributed by atoms with van der Waals surface area (Å²) in [5.41, 5.74) is 1.16. The molecule has 1 aliphatic heterocycles. The van der Waals surface area contributed by atoms with E-state index in [2.05, 4.69) is 5.32 Å². The van der Waals surface area contributed by atoms with E-state index in [1.54, 1.807) is 78.9 Å². The van der Waals surface area contributed by atoms with Gasteiger partial charge in [-0.25, -0.2) is 9.69 Å². The third kappa shape index (κ3) is 4.58. The van der Waals surface area contributed by atoms with E-state index in [4.69, 9.17) is 21.1 Å². The van der Waals surface area contributed by atoms with Crippen molar-refractivity contribution in [2.24, 2.45) is 0 Å². The minimum absolute atomic E-state index is 0.0357. The molecule has 1 aliphatic rings. The number of hydrogen-bond acceptors (Lipinski definition) is 6. The first-order chi connectivity index (χ1) is 16.0. The quantitative estimate of drug-likeness (QED) is 0.310. The Kier molecular flexibility index (Phi) is 6.42. The van der Waals surface area contributed by atoms with Crippen LogP contribution in [-0.4, -0.2) is 24.4 Å². The number of halogens is 1. The summed E-state index contributed by atoms with van der Waals surface area (Å²) >= 11 is 6.15. The van der Waals surface area contributed by atoms with Gasteiger partial charge in [-0.2, -0.15) is 0 Å². The summed E-state index contributed by atoms with van der Waals surface area (Å²) in [5, 5.41) is 2.67. The highest BCUT2D eigenvalue weighted by molar-refractivity contribution is 6.53. The highest BCUT2D eigenvalue weighted by atomic mass is 35.5. The van der Waals surface area contributed by atoms with Crippen molar-refractivity contribution in [2.75, 3.05) is 16.8 Å². The first-order valence-electron chi connectivity index (χ1n) is 10.1. The van der Waals surface area contributed by atoms with Crippen LogP contribution < -0.4 is 19.7 Å². The topological polar surface area (TPSA) is 84.9 Å². The number of esters is 1. The molecule has 1 heterocycles. The molecule has 166 valence electrons. The first kappa shape index (κ1) is 22.1. The van der Waals surface area contributed by atoms with E-state index in [0.717, 1.165) is 4.90 Å². The summed E-state index contributed by atoms with van der Waals surface area (Å²) in [6.07, 6.45) is 0. The molecule has 0 aliphatic carbocycles. The van der Waals surface area contributed by atoms with E-state index in [9.17, 15) is 14.4 Å². The first-order valence-corrected chi connectivity index (χ1v) is 10.5. The zero-order valence-electron chi connectivity index (χ0n) is 17.6. The molecule has 8 heteroatoms. The third-order valence-electron chi connectivity index (χ3n) is 4.78. The molecule has 0 bridgehead atoms. The second-order valence-electron chi connectivity index (χ2n) is 6.94. The molecular formula is C25H19ClN2O5. The number of carbonyl (C=O) groups excluding carboxylic acids is 3. The van der Waals surface area contributed by atoms with Crippen LogP contribution >= 0.6 is 11.6 Å². The number of benzene rings is 3. The lowest BCUT2D eigenvalue weighted by atomic mass is 10.2. The van der Waals surface area contributed by atoms with Crippen molar-refractivity contribution in [1.82, 2.24) is 0 Å². The Labute approximate surface area is 195 Å². The smallest absolute Gasteiger partial charge is 0.343 e. The predicted octanol–water partition coefficient (Wildman–Crippen LogP) is 4.74. The van der Waals surface area contributed by atoms with Crippen LogP contribution in [0.4, 0.5) is 11.4 Å². The van der Waals surface area contributed by atoms with Crippen molar-refractivity contribution >= 4 is 40.8 Å². The number of para-hydroxylation sites is 3. The fourth-order valence-electron chi connectivity index (χ4n) is 3.22. The molecule has 3 aromatic carbocycles. The molecule has 0 radical (unpaired) electrons. The summed E-state index contributed by atoms with van der Waals surface area (Å²) in [4.78, 5) is 38.9. The number of anilines is 2. The van der Waals surface area contributed by atoms with Crippen LogP contribution in [-0.2, 0) is 9.59 Å². The zero-order valence-corrected chi connectivity index (χ0v) is 18.3. The van der Waals surface area contributed by atoms with Crippen LogP contribution in [0.2, 0.25) is 0 Å². The van der Waals surface area contributed by atoms with Gasteiger partial charge >= 0.3 is 5.97 Å². The maximum absolute atomic E-state index is 12.8. The average molecular weight is 463 g/mol. The molecule has 1 N–H and O–H groups in total. The molecule has 7 nitrogen and oxygen atoms in total. The number of rotatable bonds is 7. The summed E-state index contributed by atoms with van der Waals surface area (Å²) in [5.74, 6) is -0.941.